The van der Waals surface area contributed by atoms with Crippen LogP contribution >= 0.6 is 0 Å². The molecule has 2 atom stereocenters. The van der Waals surface area contributed by atoms with Gasteiger partial charge < -0.3 is 10.1 Å². The van der Waals surface area contributed by atoms with Crippen molar-refractivity contribution in [1.29, 1.82) is 0 Å². The summed E-state index contributed by atoms with van der Waals surface area (Å²) in [5, 5.41) is 3.07. The van der Waals surface area contributed by atoms with E-state index < -0.39 is 10.0 Å². The highest BCUT2D eigenvalue weighted by Gasteiger charge is 2.33. The SMILES string of the molecule is COc1ccc(S(=O)(=O)N2CCCC(C(=O)NC(C)CCc3ccccc3)C2)cc1. The number of nitrogens with zero attached hydrogens (tertiary/aromatic N) is 1. The monoisotopic (exact) mass is 430 g/mol. The molecule has 0 saturated carbocycles. The first-order valence-electron chi connectivity index (χ1n) is 10.4. The van der Waals surface area contributed by atoms with E-state index in [4.69, 9.17) is 4.74 Å². The average Bonchev–Trinajstić information content (AvgIpc) is 2.78. The maximum atomic E-state index is 13.0. The van der Waals surface area contributed by atoms with E-state index in [9.17, 15) is 13.2 Å². The van der Waals surface area contributed by atoms with Gasteiger partial charge in [0.2, 0.25) is 15.9 Å². The highest BCUT2D eigenvalue weighted by molar-refractivity contribution is 7.89. The van der Waals surface area contributed by atoms with Crippen LogP contribution in [0.2, 0.25) is 0 Å². The Kier molecular flexibility index (Phi) is 7.50. The Morgan fingerprint density at radius 2 is 1.87 bits per heavy atom. The molecule has 1 saturated heterocycles. The first-order valence-corrected chi connectivity index (χ1v) is 11.8. The van der Waals surface area contributed by atoms with Crippen LogP contribution in [0.5, 0.6) is 5.75 Å². The first kappa shape index (κ1) is 22.3. The van der Waals surface area contributed by atoms with Crippen molar-refractivity contribution < 1.29 is 17.9 Å². The molecular formula is C23H30N2O4S. The lowest BCUT2D eigenvalue weighted by Gasteiger charge is -2.32. The van der Waals surface area contributed by atoms with Gasteiger partial charge in [0.25, 0.3) is 0 Å². The first-order chi connectivity index (χ1) is 14.4. The van der Waals surface area contributed by atoms with Gasteiger partial charge >= 0.3 is 0 Å². The van der Waals surface area contributed by atoms with Gasteiger partial charge in [-0.25, -0.2) is 8.42 Å². The quantitative estimate of drug-likeness (QED) is 0.698. The molecule has 1 amide bonds. The highest BCUT2D eigenvalue weighted by atomic mass is 32.2. The molecule has 1 N–H and O–H groups in total. The molecule has 162 valence electrons. The molecule has 2 aromatic carbocycles. The molecule has 0 aromatic heterocycles. The number of piperidine rings is 1. The second kappa shape index (κ2) is 10.1. The van der Waals surface area contributed by atoms with Gasteiger partial charge in [-0.05, 0) is 62.4 Å². The zero-order chi connectivity index (χ0) is 21.6. The lowest BCUT2D eigenvalue weighted by molar-refractivity contribution is -0.126. The standard InChI is InChI=1S/C23H30N2O4S/c1-18(10-11-19-7-4-3-5-8-19)24-23(26)20-9-6-16-25(17-20)30(27,28)22-14-12-21(29-2)13-15-22/h3-5,7-8,12-15,18,20H,6,9-11,16-17H2,1-2H3,(H,24,26). The molecule has 7 heteroatoms. The third-order valence-corrected chi connectivity index (χ3v) is 7.43. The van der Waals surface area contributed by atoms with E-state index in [1.165, 1.54) is 17.0 Å². The zero-order valence-electron chi connectivity index (χ0n) is 17.6. The number of amides is 1. The molecule has 30 heavy (non-hydrogen) atoms. The number of hydrogen-bond donors (Lipinski definition) is 1. The maximum Gasteiger partial charge on any atom is 0.243 e. The molecule has 1 aliphatic rings. The Bertz CT molecular complexity index is 929. The summed E-state index contributed by atoms with van der Waals surface area (Å²) in [5.74, 6) is 0.213. The van der Waals surface area contributed by atoms with E-state index in [-0.39, 0.29) is 29.3 Å². The molecule has 6 nitrogen and oxygen atoms in total. The Balaban J connectivity index is 1.57. The molecule has 0 aliphatic carbocycles. The van der Waals surface area contributed by atoms with Crippen LogP contribution in [-0.4, -0.2) is 44.9 Å². The van der Waals surface area contributed by atoms with Gasteiger partial charge in [0, 0.05) is 19.1 Å². The van der Waals surface area contributed by atoms with E-state index in [2.05, 4.69) is 17.4 Å². The molecule has 2 aromatic rings. The summed E-state index contributed by atoms with van der Waals surface area (Å²) in [6, 6.07) is 16.6. The molecule has 0 radical (unpaired) electrons. The second-order valence-electron chi connectivity index (χ2n) is 7.81. The molecule has 2 unspecified atom stereocenters. The van der Waals surface area contributed by atoms with Crippen molar-refractivity contribution in [2.75, 3.05) is 20.2 Å². The molecule has 1 heterocycles. The van der Waals surface area contributed by atoms with Gasteiger partial charge in [0.15, 0.2) is 0 Å². The number of methoxy groups -OCH3 is 1. The van der Waals surface area contributed by atoms with Gasteiger partial charge in [-0.1, -0.05) is 30.3 Å². The number of sulfonamides is 1. The summed E-state index contributed by atoms with van der Waals surface area (Å²) in [4.78, 5) is 13.0. The van der Waals surface area contributed by atoms with Gasteiger partial charge in [-0.15, -0.1) is 0 Å². The summed E-state index contributed by atoms with van der Waals surface area (Å²) >= 11 is 0. The van der Waals surface area contributed by atoms with E-state index in [0.717, 1.165) is 12.8 Å². The Labute approximate surface area is 179 Å². The summed E-state index contributed by atoms with van der Waals surface area (Å²) in [6.45, 7) is 2.64. The lowest BCUT2D eigenvalue weighted by Crippen LogP contribution is -2.47. The maximum absolute atomic E-state index is 13.0. The van der Waals surface area contributed by atoms with Crippen LogP contribution < -0.4 is 10.1 Å². The van der Waals surface area contributed by atoms with Crippen LogP contribution in [0.3, 0.4) is 0 Å². The summed E-state index contributed by atoms with van der Waals surface area (Å²) in [5.41, 5.74) is 1.24. The molecule has 1 aliphatic heterocycles. The largest absolute Gasteiger partial charge is 0.497 e. The zero-order valence-corrected chi connectivity index (χ0v) is 18.4. The third-order valence-electron chi connectivity index (χ3n) is 5.55. The number of benzene rings is 2. The van der Waals surface area contributed by atoms with Crippen molar-refractivity contribution in [3.05, 3.63) is 60.2 Å². The summed E-state index contributed by atoms with van der Waals surface area (Å²) in [6.07, 6.45) is 3.11. The number of nitrogens with one attached hydrogen (secondary N) is 1. The predicted molar refractivity (Wildman–Crippen MR) is 117 cm³/mol. The molecule has 0 spiro atoms. The highest BCUT2D eigenvalue weighted by Crippen LogP contribution is 2.25. The fourth-order valence-corrected chi connectivity index (χ4v) is 5.26. The van der Waals surface area contributed by atoms with Gasteiger partial charge in [-0.3, -0.25) is 4.79 Å². The van der Waals surface area contributed by atoms with Gasteiger partial charge in [0.05, 0.1) is 17.9 Å². The fourth-order valence-electron chi connectivity index (χ4n) is 3.73. The number of aryl methyl sites for hydroxylation is 1. The normalized spacial score (nSPS) is 18.5. The molecule has 3 rings (SSSR count). The van der Waals surface area contributed by atoms with E-state index in [1.807, 2.05) is 25.1 Å². The van der Waals surface area contributed by atoms with Crippen molar-refractivity contribution in [1.82, 2.24) is 9.62 Å². The topological polar surface area (TPSA) is 75.7 Å². The molecule has 0 bridgehead atoms. The van der Waals surface area contributed by atoms with Gasteiger partial charge in [-0.2, -0.15) is 4.31 Å². The number of carbonyl (C=O) groups is 1. The van der Waals surface area contributed by atoms with E-state index in [0.29, 0.717) is 25.1 Å². The van der Waals surface area contributed by atoms with Crippen LogP contribution in [0.4, 0.5) is 0 Å². The number of rotatable bonds is 8. The smallest absolute Gasteiger partial charge is 0.243 e. The average molecular weight is 431 g/mol. The number of ether oxygens (including phenoxy) is 1. The fraction of sp³-hybridized carbons (Fsp3) is 0.435. The van der Waals surface area contributed by atoms with Crippen LogP contribution in [0.25, 0.3) is 0 Å². The van der Waals surface area contributed by atoms with Crippen LogP contribution in [0.1, 0.15) is 31.7 Å². The minimum atomic E-state index is -3.63. The molecular weight excluding hydrogens is 400 g/mol. The molecule has 1 fully saturated rings. The van der Waals surface area contributed by atoms with Crippen LogP contribution in [-0.2, 0) is 21.2 Å². The van der Waals surface area contributed by atoms with Crippen LogP contribution in [0.15, 0.2) is 59.5 Å². The summed E-state index contributed by atoms with van der Waals surface area (Å²) < 4.78 is 32.5. The van der Waals surface area contributed by atoms with Gasteiger partial charge in [0.1, 0.15) is 5.75 Å². The van der Waals surface area contributed by atoms with E-state index in [1.54, 1.807) is 24.3 Å². The third kappa shape index (κ3) is 5.61. The van der Waals surface area contributed by atoms with E-state index >= 15 is 0 Å². The number of carbonyl (C=O) groups excluding carboxylic acids is 1. The van der Waals surface area contributed by atoms with Crippen molar-refractivity contribution in [3.8, 4) is 5.75 Å². The minimum absolute atomic E-state index is 0.0336. The lowest BCUT2D eigenvalue weighted by atomic mass is 9.98. The Morgan fingerprint density at radius 3 is 2.53 bits per heavy atom. The Hall–Kier alpha value is -2.38. The second-order valence-corrected chi connectivity index (χ2v) is 9.75. The van der Waals surface area contributed by atoms with Crippen molar-refractivity contribution in [2.24, 2.45) is 5.92 Å². The van der Waals surface area contributed by atoms with Crippen molar-refractivity contribution >= 4 is 15.9 Å². The predicted octanol–water partition coefficient (Wildman–Crippen LogP) is 3.23. The minimum Gasteiger partial charge on any atom is -0.497 e. The summed E-state index contributed by atoms with van der Waals surface area (Å²) in [7, 11) is -2.09. The van der Waals surface area contributed by atoms with Crippen molar-refractivity contribution in [3.63, 3.8) is 0 Å². The number of hydrogen-bond acceptors (Lipinski definition) is 4. The van der Waals surface area contributed by atoms with Crippen molar-refractivity contribution in [2.45, 2.75) is 43.5 Å². The Morgan fingerprint density at radius 1 is 1.17 bits per heavy atom. The van der Waals surface area contributed by atoms with Crippen LogP contribution in [0, 0.1) is 5.92 Å².